The first-order valence-corrected chi connectivity index (χ1v) is 6.95. The van der Waals surface area contributed by atoms with Crippen LogP contribution >= 0.6 is 11.6 Å². The highest BCUT2D eigenvalue weighted by Gasteiger charge is 2.13. The van der Waals surface area contributed by atoms with Crippen LogP contribution in [0.4, 0.5) is 0 Å². The Bertz CT molecular complexity index is 627. The third-order valence-corrected chi connectivity index (χ3v) is 3.02. The SMILES string of the molecule is CCCCc1noc(COc2cc(Cl)ccc2C(=O)O)n1. The molecule has 0 spiro atoms. The Morgan fingerprint density at radius 1 is 1.48 bits per heavy atom. The van der Waals surface area contributed by atoms with Crippen LogP contribution in [-0.4, -0.2) is 21.2 Å². The molecule has 6 nitrogen and oxygen atoms in total. The van der Waals surface area contributed by atoms with Crippen molar-refractivity contribution >= 4 is 17.6 Å². The number of unbranched alkanes of at least 4 members (excludes halogenated alkanes) is 1. The van der Waals surface area contributed by atoms with Gasteiger partial charge in [0.15, 0.2) is 12.4 Å². The lowest BCUT2D eigenvalue weighted by Crippen LogP contribution is -2.03. The molecule has 0 unspecified atom stereocenters. The molecular formula is C14H15ClN2O4. The Labute approximate surface area is 126 Å². The fourth-order valence-corrected chi connectivity index (χ4v) is 1.88. The Hall–Kier alpha value is -2.08. The van der Waals surface area contributed by atoms with E-state index in [0.717, 1.165) is 19.3 Å². The van der Waals surface area contributed by atoms with E-state index in [2.05, 4.69) is 17.1 Å². The molecule has 1 heterocycles. The second-order valence-corrected chi connectivity index (χ2v) is 4.88. The van der Waals surface area contributed by atoms with Gasteiger partial charge in [-0.05, 0) is 24.6 Å². The van der Waals surface area contributed by atoms with E-state index in [1.54, 1.807) is 0 Å². The Balaban J connectivity index is 2.04. The molecule has 7 heteroatoms. The van der Waals surface area contributed by atoms with E-state index in [4.69, 9.17) is 26.0 Å². The Morgan fingerprint density at radius 2 is 2.29 bits per heavy atom. The van der Waals surface area contributed by atoms with Gasteiger partial charge >= 0.3 is 5.97 Å². The largest absolute Gasteiger partial charge is 0.483 e. The van der Waals surface area contributed by atoms with Gasteiger partial charge < -0.3 is 14.4 Å². The van der Waals surface area contributed by atoms with Gasteiger partial charge in [-0.3, -0.25) is 0 Å². The van der Waals surface area contributed by atoms with Gasteiger partial charge in [0.25, 0.3) is 5.89 Å². The number of aromatic nitrogens is 2. The second kappa shape index (κ2) is 7.08. The molecule has 0 aliphatic carbocycles. The lowest BCUT2D eigenvalue weighted by Gasteiger charge is -2.07. The van der Waals surface area contributed by atoms with E-state index in [1.165, 1.54) is 18.2 Å². The van der Waals surface area contributed by atoms with Crippen LogP contribution < -0.4 is 4.74 Å². The Kier molecular flexibility index (Phi) is 5.16. The number of hydrogen-bond donors (Lipinski definition) is 1. The normalized spacial score (nSPS) is 10.6. The fourth-order valence-electron chi connectivity index (χ4n) is 1.72. The number of aryl methyl sites for hydroxylation is 1. The molecule has 0 bridgehead atoms. The second-order valence-electron chi connectivity index (χ2n) is 4.44. The van der Waals surface area contributed by atoms with Crippen molar-refractivity contribution in [2.45, 2.75) is 32.8 Å². The molecule has 0 radical (unpaired) electrons. The number of benzene rings is 1. The lowest BCUT2D eigenvalue weighted by molar-refractivity contribution is 0.0691. The topological polar surface area (TPSA) is 85.5 Å². The molecule has 2 aromatic rings. The first-order valence-electron chi connectivity index (χ1n) is 6.57. The number of carboxylic acids is 1. The van der Waals surface area contributed by atoms with Crippen molar-refractivity contribution in [2.24, 2.45) is 0 Å². The average molecular weight is 311 g/mol. The maximum Gasteiger partial charge on any atom is 0.339 e. The van der Waals surface area contributed by atoms with Crippen molar-refractivity contribution in [3.05, 3.63) is 40.5 Å². The summed E-state index contributed by atoms with van der Waals surface area (Å²) in [7, 11) is 0. The van der Waals surface area contributed by atoms with E-state index >= 15 is 0 Å². The number of nitrogens with zero attached hydrogens (tertiary/aromatic N) is 2. The van der Waals surface area contributed by atoms with Gasteiger partial charge in [-0.25, -0.2) is 4.79 Å². The smallest absolute Gasteiger partial charge is 0.339 e. The standard InChI is InChI=1S/C14H15ClN2O4/c1-2-3-4-12-16-13(21-17-12)8-20-11-7-9(15)5-6-10(11)14(18)19/h5-7H,2-4,8H2,1H3,(H,18,19). The first kappa shape index (κ1) is 15.3. The average Bonchev–Trinajstić information content (AvgIpc) is 2.90. The minimum Gasteiger partial charge on any atom is -0.483 e. The molecule has 0 atom stereocenters. The predicted octanol–water partition coefficient (Wildman–Crippen LogP) is 3.34. The summed E-state index contributed by atoms with van der Waals surface area (Å²) in [6.07, 6.45) is 2.78. The molecule has 0 saturated carbocycles. The van der Waals surface area contributed by atoms with E-state index < -0.39 is 5.97 Å². The number of ether oxygens (including phenoxy) is 1. The molecule has 0 aliphatic rings. The predicted molar refractivity (Wildman–Crippen MR) is 75.7 cm³/mol. The number of aromatic carboxylic acids is 1. The zero-order chi connectivity index (χ0) is 15.2. The zero-order valence-corrected chi connectivity index (χ0v) is 12.3. The van der Waals surface area contributed by atoms with Gasteiger partial charge in [0.2, 0.25) is 0 Å². The molecule has 0 amide bonds. The molecule has 2 rings (SSSR count). The van der Waals surface area contributed by atoms with Crippen LogP contribution in [0.1, 0.15) is 41.8 Å². The first-order chi connectivity index (χ1) is 10.1. The molecule has 21 heavy (non-hydrogen) atoms. The Morgan fingerprint density at radius 3 is 3.00 bits per heavy atom. The highest BCUT2D eigenvalue weighted by atomic mass is 35.5. The minimum absolute atomic E-state index is 0.000251. The van der Waals surface area contributed by atoms with E-state index in [0.29, 0.717) is 16.7 Å². The van der Waals surface area contributed by atoms with E-state index in [9.17, 15) is 4.79 Å². The van der Waals surface area contributed by atoms with E-state index in [-0.39, 0.29) is 17.9 Å². The summed E-state index contributed by atoms with van der Waals surface area (Å²) in [6, 6.07) is 4.33. The summed E-state index contributed by atoms with van der Waals surface area (Å²) in [6.45, 7) is 2.08. The van der Waals surface area contributed by atoms with Gasteiger partial charge in [-0.1, -0.05) is 30.1 Å². The maximum absolute atomic E-state index is 11.1. The van der Waals surface area contributed by atoms with Crippen LogP contribution in [-0.2, 0) is 13.0 Å². The monoisotopic (exact) mass is 310 g/mol. The van der Waals surface area contributed by atoms with Gasteiger partial charge in [-0.15, -0.1) is 0 Å². The van der Waals surface area contributed by atoms with Crippen molar-refractivity contribution < 1.29 is 19.2 Å². The summed E-state index contributed by atoms with van der Waals surface area (Å²) in [4.78, 5) is 15.3. The number of halogens is 1. The lowest BCUT2D eigenvalue weighted by atomic mass is 10.2. The molecule has 0 saturated heterocycles. The minimum atomic E-state index is -1.09. The van der Waals surface area contributed by atoms with Crippen LogP contribution in [0.3, 0.4) is 0 Å². The number of carbonyl (C=O) groups is 1. The summed E-state index contributed by atoms with van der Waals surface area (Å²) in [5.74, 6) is 0.0107. The van der Waals surface area contributed by atoms with Crippen LogP contribution in [0.15, 0.2) is 22.7 Å². The molecule has 112 valence electrons. The molecule has 1 aromatic heterocycles. The van der Waals surface area contributed by atoms with Crippen molar-refractivity contribution in [1.29, 1.82) is 0 Å². The molecule has 1 aromatic carbocycles. The van der Waals surface area contributed by atoms with Gasteiger partial charge in [0, 0.05) is 11.4 Å². The highest BCUT2D eigenvalue weighted by Crippen LogP contribution is 2.24. The summed E-state index contributed by atoms with van der Waals surface area (Å²) in [5, 5.41) is 13.3. The maximum atomic E-state index is 11.1. The van der Waals surface area contributed by atoms with Crippen LogP contribution in [0.5, 0.6) is 5.75 Å². The van der Waals surface area contributed by atoms with Crippen LogP contribution in [0.25, 0.3) is 0 Å². The van der Waals surface area contributed by atoms with Crippen molar-refractivity contribution in [1.82, 2.24) is 10.1 Å². The highest BCUT2D eigenvalue weighted by molar-refractivity contribution is 6.30. The van der Waals surface area contributed by atoms with Gasteiger partial charge in [-0.2, -0.15) is 4.98 Å². The summed E-state index contributed by atoms with van der Waals surface area (Å²) in [5.41, 5.74) is 0.0325. The van der Waals surface area contributed by atoms with Gasteiger partial charge in [0.1, 0.15) is 11.3 Å². The number of rotatable bonds is 7. The van der Waals surface area contributed by atoms with Crippen molar-refractivity contribution in [2.75, 3.05) is 0 Å². The summed E-state index contributed by atoms with van der Waals surface area (Å²) < 4.78 is 10.5. The van der Waals surface area contributed by atoms with E-state index in [1.807, 2.05) is 0 Å². The van der Waals surface area contributed by atoms with Crippen molar-refractivity contribution in [3.8, 4) is 5.75 Å². The molecule has 1 N–H and O–H groups in total. The number of hydrogen-bond acceptors (Lipinski definition) is 5. The van der Waals surface area contributed by atoms with Crippen LogP contribution in [0.2, 0.25) is 5.02 Å². The molecule has 0 aliphatic heterocycles. The van der Waals surface area contributed by atoms with Crippen LogP contribution in [0, 0.1) is 0 Å². The fraction of sp³-hybridized carbons (Fsp3) is 0.357. The van der Waals surface area contributed by atoms with Gasteiger partial charge in [0.05, 0.1) is 0 Å². The summed E-state index contributed by atoms with van der Waals surface area (Å²) >= 11 is 5.84. The molecule has 0 fully saturated rings. The third-order valence-electron chi connectivity index (χ3n) is 2.79. The zero-order valence-electron chi connectivity index (χ0n) is 11.5. The quantitative estimate of drug-likeness (QED) is 0.844. The molecular weight excluding hydrogens is 296 g/mol. The number of carboxylic acid groups (broad SMARTS) is 1. The third kappa shape index (κ3) is 4.19. The van der Waals surface area contributed by atoms with Crippen molar-refractivity contribution in [3.63, 3.8) is 0 Å².